The van der Waals surface area contributed by atoms with Gasteiger partial charge in [0, 0.05) is 5.56 Å². The highest BCUT2D eigenvalue weighted by atomic mass is 16.7. The highest BCUT2D eigenvalue weighted by molar-refractivity contribution is 6.20. The monoisotopic (exact) mass is 426 g/mol. The summed E-state index contributed by atoms with van der Waals surface area (Å²) in [5, 5.41) is 4.12. The fourth-order valence-corrected chi connectivity index (χ4v) is 2.78. The molecule has 31 heavy (non-hydrogen) atoms. The third kappa shape index (κ3) is 5.19. The van der Waals surface area contributed by atoms with Crippen LogP contribution in [0.3, 0.4) is 0 Å². The zero-order valence-corrected chi connectivity index (χ0v) is 17.2. The lowest BCUT2D eigenvalue weighted by Crippen LogP contribution is -2.33. The number of hydroxylamine groups is 2. The number of hydrogen-bond acceptors (Lipinski definition) is 8. The fourth-order valence-electron chi connectivity index (χ4n) is 2.78. The number of imide groups is 1. The molecule has 0 bridgehead atoms. The van der Waals surface area contributed by atoms with Crippen LogP contribution in [0, 0.1) is 0 Å². The summed E-state index contributed by atoms with van der Waals surface area (Å²) < 4.78 is 11.0. The summed E-state index contributed by atoms with van der Waals surface area (Å²) >= 11 is 0. The summed E-state index contributed by atoms with van der Waals surface area (Å²) in [6.07, 6.45) is 3.35. The van der Waals surface area contributed by atoms with Crippen LogP contribution in [0.1, 0.15) is 46.0 Å². The first-order valence-electron chi connectivity index (χ1n) is 9.70. The number of benzene rings is 2. The standard InChI is InChI=1S/C22H22N2O7/c1-3-4-11-29-18-10-9-15(12-19(18)28-2)13-23-30-14-20(25)31-24-21(26)16-7-5-6-8-17(16)22(24)27/h5-10,12-13H,3-4,11,14H2,1-2H3/b23-13+. The Bertz CT molecular complexity index is 968. The average molecular weight is 426 g/mol. The maximum Gasteiger partial charge on any atom is 0.373 e. The molecule has 0 spiro atoms. The van der Waals surface area contributed by atoms with E-state index >= 15 is 0 Å². The molecule has 0 fully saturated rings. The van der Waals surface area contributed by atoms with Crippen molar-refractivity contribution in [3.05, 3.63) is 59.2 Å². The minimum Gasteiger partial charge on any atom is -0.493 e. The third-order valence-corrected chi connectivity index (χ3v) is 4.35. The fraction of sp³-hybridized carbons (Fsp3) is 0.273. The van der Waals surface area contributed by atoms with Crippen LogP contribution in [-0.4, -0.2) is 49.4 Å². The van der Waals surface area contributed by atoms with Gasteiger partial charge in [-0.1, -0.05) is 35.7 Å². The van der Waals surface area contributed by atoms with Gasteiger partial charge in [-0.05, 0) is 36.8 Å². The minimum atomic E-state index is -0.941. The zero-order valence-electron chi connectivity index (χ0n) is 17.2. The van der Waals surface area contributed by atoms with Gasteiger partial charge < -0.3 is 19.1 Å². The van der Waals surface area contributed by atoms with E-state index in [1.54, 1.807) is 30.3 Å². The molecule has 1 heterocycles. The molecule has 3 rings (SSSR count). The lowest BCUT2D eigenvalue weighted by molar-refractivity contribution is -0.173. The molecule has 0 aromatic heterocycles. The molecule has 2 amide bonds. The quantitative estimate of drug-likeness (QED) is 0.249. The maximum atomic E-state index is 12.2. The third-order valence-electron chi connectivity index (χ3n) is 4.35. The predicted octanol–water partition coefficient (Wildman–Crippen LogP) is 2.98. The Morgan fingerprint density at radius 3 is 2.42 bits per heavy atom. The van der Waals surface area contributed by atoms with Gasteiger partial charge in [0.15, 0.2) is 11.5 Å². The van der Waals surface area contributed by atoms with Gasteiger partial charge in [-0.2, -0.15) is 0 Å². The van der Waals surface area contributed by atoms with Crippen molar-refractivity contribution in [1.29, 1.82) is 0 Å². The van der Waals surface area contributed by atoms with Crippen LogP contribution >= 0.6 is 0 Å². The molecule has 1 aliphatic heterocycles. The Balaban J connectivity index is 1.50. The summed E-state index contributed by atoms with van der Waals surface area (Å²) in [5.74, 6) is -1.18. The Hall–Kier alpha value is -3.88. The predicted molar refractivity (Wildman–Crippen MR) is 110 cm³/mol. The normalized spacial score (nSPS) is 12.8. The number of nitrogens with zero attached hydrogens (tertiary/aromatic N) is 2. The van der Waals surface area contributed by atoms with Gasteiger partial charge in [-0.25, -0.2) is 4.79 Å². The maximum absolute atomic E-state index is 12.2. The molecule has 1 aliphatic rings. The molecule has 0 atom stereocenters. The molecule has 9 nitrogen and oxygen atoms in total. The highest BCUT2D eigenvalue weighted by Gasteiger charge is 2.38. The summed E-state index contributed by atoms with van der Waals surface area (Å²) in [6, 6.07) is 11.4. The number of rotatable bonds is 10. The van der Waals surface area contributed by atoms with Gasteiger partial charge >= 0.3 is 5.97 Å². The molecule has 0 N–H and O–H groups in total. The number of amides is 2. The molecule has 2 aromatic rings. The largest absolute Gasteiger partial charge is 0.493 e. The number of ether oxygens (including phenoxy) is 2. The van der Waals surface area contributed by atoms with Crippen molar-refractivity contribution in [3.63, 3.8) is 0 Å². The Morgan fingerprint density at radius 1 is 1.06 bits per heavy atom. The van der Waals surface area contributed by atoms with Crippen LogP contribution in [0.2, 0.25) is 0 Å². The molecule has 0 saturated heterocycles. The number of carbonyl (C=O) groups excluding carboxylic acids is 3. The SMILES string of the molecule is CCCCOc1ccc(/C=N/OCC(=O)ON2C(=O)c3ccccc3C2=O)cc1OC. The van der Waals surface area contributed by atoms with E-state index in [0.717, 1.165) is 12.8 Å². The van der Waals surface area contributed by atoms with Crippen molar-refractivity contribution >= 4 is 24.0 Å². The summed E-state index contributed by atoms with van der Waals surface area (Å²) in [4.78, 5) is 46.0. The molecular weight excluding hydrogens is 404 g/mol. The Morgan fingerprint density at radius 2 is 1.77 bits per heavy atom. The smallest absolute Gasteiger partial charge is 0.373 e. The average Bonchev–Trinajstić information content (AvgIpc) is 3.02. The van der Waals surface area contributed by atoms with Crippen molar-refractivity contribution in [3.8, 4) is 11.5 Å². The molecule has 0 radical (unpaired) electrons. The molecule has 162 valence electrons. The molecule has 2 aromatic carbocycles. The van der Waals surface area contributed by atoms with Gasteiger partial charge in [0.2, 0.25) is 6.61 Å². The van der Waals surface area contributed by atoms with E-state index in [2.05, 4.69) is 12.1 Å². The van der Waals surface area contributed by atoms with Gasteiger partial charge in [-0.15, -0.1) is 0 Å². The molecule has 0 unspecified atom stereocenters. The highest BCUT2D eigenvalue weighted by Crippen LogP contribution is 2.28. The van der Waals surface area contributed by atoms with Crippen LogP contribution in [0.15, 0.2) is 47.6 Å². The minimum absolute atomic E-state index is 0.176. The van der Waals surface area contributed by atoms with E-state index in [9.17, 15) is 14.4 Å². The molecule has 9 heteroatoms. The van der Waals surface area contributed by atoms with E-state index < -0.39 is 24.4 Å². The van der Waals surface area contributed by atoms with Crippen LogP contribution in [0.5, 0.6) is 11.5 Å². The lowest BCUT2D eigenvalue weighted by atomic mass is 10.1. The summed E-state index contributed by atoms with van der Waals surface area (Å²) in [7, 11) is 1.54. The number of hydrogen-bond donors (Lipinski definition) is 0. The van der Waals surface area contributed by atoms with Crippen molar-refractivity contribution in [2.45, 2.75) is 19.8 Å². The van der Waals surface area contributed by atoms with Crippen molar-refractivity contribution < 1.29 is 33.5 Å². The van der Waals surface area contributed by atoms with Crippen LogP contribution in [0.25, 0.3) is 0 Å². The first-order chi connectivity index (χ1) is 15.0. The number of methoxy groups -OCH3 is 1. The van der Waals surface area contributed by atoms with E-state index in [1.807, 2.05) is 0 Å². The van der Waals surface area contributed by atoms with Gasteiger partial charge in [0.05, 0.1) is 31.1 Å². The van der Waals surface area contributed by atoms with Gasteiger partial charge in [0.1, 0.15) is 0 Å². The van der Waals surface area contributed by atoms with Crippen LogP contribution in [0.4, 0.5) is 0 Å². The van der Waals surface area contributed by atoms with Crippen LogP contribution < -0.4 is 9.47 Å². The zero-order chi connectivity index (χ0) is 22.2. The van der Waals surface area contributed by atoms with E-state index in [4.69, 9.17) is 19.1 Å². The second kappa shape index (κ2) is 10.2. The summed E-state index contributed by atoms with van der Waals surface area (Å²) in [6.45, 7) is 2.09. The van der Waals surface area contributed by atoms with E-state index in [-0.39, 0.29) is 11.1 Å². The lowest BCUT2D eigenvalue weighted by Gasteiger charge is -2.12. The van der Waals surface area contributed by atoms with Crippen molar-refractivity contribution in [2.24, 2.45) is 5.16 Å². The van der Waals surface area contributed by atoms with Crippen molar-refractivity contribution in [2.75, 3.05) is 20.3 Å². The Labute approximate surface area is 179 Å². The second-order valence-electron chi connectivity index (χ2n) is 6.53. The first kappa shape index (κ1) is 21.8. The summed E-state index contributed by atoms with van der Waals surface area (Å²) in [5.41, 5.74) is 1.01. The number of unbranched alkanes of at least 4 members (excludes halogenated alkanes) is 1. The van der Waals surface area contributed by atoms with Gasteiger partial charge in [0.25, 0.3) is 11.8 Å². The Kier molecular flexibility index (Phi) is 7.21. The second-order valence-corrected chi connectivity index (χ2v) is 6.53. The van der Waals surface area contributed by atoms with Crippen molar-refractivity contribution in [1.82, 2.24) is 5.06 Å². The number of oxime groups is 1. The molecular formula is C22H22N2O7. The first-order valence-corrected chi connectivity index (χ1v) is 9.70. The number of fused-ring (bicyclic) bond motifs is 1. The molecule has 0 aliphatic carbocycles. The van der Waals surface area contributed by atoms with E-state index in [1.165, 1.54) is 25.5 Å². The molecule has 0 saturated carbocycles. The topological polar surface area (TPSA) is 104 Å². The van der Waals surface area contributed by atoms with Crippen LogP contribution in [-0.2, 0) is 14.5 Å². The van der Waals surface area contributed by atoms with E-state index in [0.29, 0.717) is 28.7 Å². The van der Waals surface area contributed by atoms with Gasteiger partial charge in [-0.3, -0.25) is 9.59 Å². The number of carbonyl (C=O) groups is 3.